The lowest BCUT2D eigenvalue weighted by Gasteiger charge is -2.25. The third-order valence-electron chi connectivity index (χ3n) is 1.89. The summed E-state index contributed by atoms with van der Waals surface area (Å²) in [6, 6.07) is -1.32. The molecule has 0 aromatic carbocycles. The maximum absolute atomic E-state index is 11.0. The summed E-state index contributed by atoms with van der Waals surface area (Å²) in [5, 5.41) is 38.5. The summed E-state index contributed by atoms with van der Waals surface area (Å²) in [7, 11) is 0. The number of aliphatic hydroxyl groups is 4. The van der Waals surface area contributed by atoms with Gasteiger partial charge in [0.2, 0.25) is 5.91 Å². The molecule has 0 radical (unpaired) electrons. The first kappa shape index (κ1) is 15.7. The summed E-state index contributed by atoms with van der Waals surface area (Å²) in [5.74, 6) is -0.484. The van der Waals surface area contributed by atoms with Gasteiger partial charge in [-0.15, -0.1) is 0 Å². The molecule has 0 aromatic rings. The van der Waals surface area contributed by atoms with Crippen LogP contribution in [0.1, 0.15) is 0 Å². The van der Waals surface area contributed by atoms with Gasteiger partial charge in [0.1, 0.15) is 30.6 Å². The molecule has 8 heteroatoms. The van der Waals surface area contributed by atoms with Gasteiger partial charge in [0, 0.05) is 0 Å². The van der Waals surface area contributed by atoms with Crippen LogP contribution in [0.5, 0.6) is 0 Å². The Morgan fingerprint density at radius 1 is 1.31 bits per heavy atom. The number of halogens is 1. The Morgan fingerprint density at radius 2 is 1.88 bits per heavy atom. The number of aliphatic hydroxyl groups excluding tert-OH is 4. The molecule has 94 valence electrons. The van der Waals surface area contributed by atoms with Crippen molar-refractivity contribution in [1.82, 2.24) is 5.32 Å². The Labute approximate surface area is 106 Å². The number of hydrogen-bond acceptors (Lipinski definition) is 6. The molecule has 7 nitrogen and oxygen atoms in total. The Bertz CT molecular complexity index is 239. The number of carbonyl (C=O) groups is 2. The Balaban J connectivity index is 4.45. The van der Waals surface area contributed by atoms with Crippen LogP contribution in [0.15, 0.2) is 0 Å². The second kappa shape index (κ2) is 7.90. The van der Waals surface area contributed by atoms with Crippen molar-refractivity contribution in [1.29, 1.82) is 0 Å². The molecule has 1 amide bonds. The molecule has 5 N–H and O–H groups in total. The van der Waals surface area contributed by atoms with E-state index in [0.29, 0.717) is 0 Å². The molecule has 0 rings (SSSR count). The third-order valence-corrected chi connectivity index (χ3v) is 2.59. The van der Waals surface area contributed by atoms with Crippen molar-refractivity contribution in [3.63, 3.8) is 0 Å². The smallest absolute Gasteiger partial charge is 0.230 e. The average Bonchev–Trinajstić information content (AvgIpc) is 2.32. The van der Waals surface area contributed by atoms with E-state index in [1.54, 1.807) is 22.6 Å². The summed E-state index contributed by atoms with van der Waals surface area (Å²) in [4.78, 5) is 21.5. The van der Waals surface area contributed by atoms with Gasteiger partial charge in [-0.25, -0.2) is 0 Å². The molecule has 0 aliphatic rings. The van der Waals surface area contributed by atoms with Crippen molar-refractivity contribution in [2.75, 3.05) is 11.0 Å². The lowest BCUT2D eigenvalue weighted by atomic mass is 10.0. The molecule has 0 saturated heterocycles. The molecular weight excluding hydrogens is 333 g/mol. The number of aldehydes is 1. The molecule has 0 heterocycles. The van der Waals surface area contributed by atoms with Crippen molar-refractivity contribution < 1.29 is 30.0 Å². The van der Waals surface area contributed by atoms with Crippen molar-refractivity contribution >= 4 is 34.8 Å². The minimum absolute atomic E-state index is 0.0907. The molecular formula is C8H14INO6. The molecule has 0 bridgehead atoms. The predicted molar refractivity (Wildman–Crippen MR) is 62.0 cm³/mol. The van der Waals surface area contributed by atoms with Crippen LogP contribution in [0.2, 0.25) is 0 Å². The number of rotatable bonds is 7. The molecule has 16 heavy (non-hydrogen) atoms. The number of nitrogens with one attached hydrogen (secondary N) is 1. The predicted octanol–water partition coefficient (Wildman–Crippen LogP) is -2.82. The first-order chi connectivity index (χ1) is 7.47. The maximum Gasteiger partial charge on any atom is 0.230 e. The summed E-state index contributed by atoms with van der Waals surface area (Å²) in [6.45, 7) is -0.760. The van der Waals surface area contributed by atoms with E-state index < -0.39 is 36.9 Å². The van der Waals surface area contributed by atoms with Crippen molar-refractivity contribution in [3.05, 3.63) is 0 Å². The molecule has 0 spiro atoms. The molecule has 0 aromatic heterocycles. The van der Waals surface area contributed by atoms with Gasteiger partial charge in [-0.05, 0) is 0 Å². The SMILES string of the molecule is O=C[C@H](NC(=O)CI)[C@@H](O)[C@H](O)[C@H](O)CO. The number of alkyl halides is 1. The monoisotopic (exact) mass is 347 g/mol. The van der Waals surface area contributed by atoms with Crippen LogP contribution in [-0.2, 0) is 9.59 Å². The second-order valence-electron chi connectivity index (χ2n) is 3.09. The van der Waals surface area contributed by atoms with E-state index in [-0.39, 0.29) is 10.7 Å². The summed E-state index contributed by atoms with van der Waals surface area (Å²) in [5.41, 5.74) is 0. The van der Waals surface area contributed by atoms with E-state index in [4.69, 9.17) is 10.2 Å². The largest absolute Gasteiger partial charge is 0.394 e. The Morgan fingerprint density at radius 3 is 2.25 bits per heavy atom. The van der Waals surface area contributed by atoms with Crippen LogP contribution in [0, 0.1) is 0 Å². The topological polar surface area (TPSA) is 127 Å². The summed E-state index contributed by atoms with van der Waals surface area (Å²) < 4.78 is 0.0907. The molecule has 4 atom stereocenters. The van der Waals surface area contributed by atoms with E-state index in [1.165, 1.54) is 0 Å². The van der Waals surface area contributed by atoms with Gasteiger partial charge in [0.25, 0.3) is 0 Å². The van der Waals surface area contributed by atoms with Gasteiger partial charge in [-0.3, -0.25) is 4.79 Å². The van der Waals surface area contributed by atoms with E-state index in [9.17, 15) is 19.8 Å². The highest BCUT2D eigenvalue weighted by Crippen LogP contribution is 2.04. The maximum atomic E-state index is 11.0. The van der Waals surface area contributed by atoms with Crippen molar-refractivity contribution in [2.45, 2.75) is 24.4 Å². The van der Waals surface area contributed by atoms with Crippen LogP contribution in [0.25, 0.3) is 0 Å². The van der Waals surface area contributed by atoms with Crippen LogP contribution in [-0.4, -0.2) is 68.0 Å². The average molecular weight is 347 g/mol. The highest BCUT2D eigenvalue weighted by Gasteiger charge is 2.31. The lowest BCUT2D eigenvalue weighted by Crippen LogP contribution is -2.53. The van der Waals surface area contributed by atoms with Crippen molar-refractivity contribution in [3.8, 4) is 0 Å². The quantitative estimate of drug-likeness (QED) is 0.192. The molecule has 0 unspecified atom stereocenters. The fourth-order valence-corrected chi connectivity index (χ4v) is 1.19. The molecule has 0 saturated carbocycles. The minimum atomic E-state index is -1.71. The van der Waals surface area contributed by atoms with Gasteiger partial charge < -0.3 is 30.5 Å². The molecule has 0 aliphatic heterocycles. The molecule has 0 fully saturated rings. The summed E-state index contributed by atoms with van der Waals surface area (Å²) >= 11 is 1.76. The van der Waals surface area contributed by atoms with E-state index in [1.807, 2.05) is 0 Å². The van der Waals surface area contributed by atoms with Gasteiger partial charge in [0.05, 0.1) is 11.0 Å². The second-order valence-corrected chi connectivity index (χ2v) is 3.86. The number of amides is 1. The fraction of sp³-hybridized carbons (Fsp3) is 0.750. The third kappa shape index (κ3) is 4.70. The van der Waals surface area contributed by atoms with Gasteiger partial charge >= 0.3 is 0 Å². The van der Waals surface area contributed by atoms with Crippen LogP contribution >= 0.6 is 22.6 Å². The Kier molecular flexibility index (Phi) is 7.76. The van der Waals surface area contributed by atoms with Gasteiger partial charge in [-0.1, -0.05) is 22.6 Å². The fourth-order valence-electron chi connectivity index (χ4n) is 0.972. The summed E-state index contributed by atoms with van der Waals surface area (Å²) in [6.07, 6.45) is -4.71. The van der Waals surface area contributed by atoms with Crippen LogP contribution in [0.4, 0.5) is 0 Å². The first-order valence-electron chi connectivity index (χ1n) is 4.43. The van der Waals surface area contributed by atoms with Crippen molar-refractivity contribution in [2.24, 2.45) is 0 Å². The Hall–Kier alpha value is -0.290. The standard InChI is InChI=1S/C8H14INO6/c9-1-6(14)10-4(2-11)7(15)8(16)5(13)3-12/h2,4-5,7-8,12-13,15-16H,1,3H2,(H,10,14)/t4-,5+,7+,8+/m0/s1. The molecule has 0 aliphatic carbocycles. The van der Waals surface area contributed by atoms with Crippen LogP contribution in [0.3, 0.4) is 0 Å². The van der Waals surface area contributed by atoms with Gasteiger partial charge in [-0.2, -0.15) is 0 Å². The van der Waals surface area contributed by atoms with Gasteiger partial charge in [0.15, 0.2) is 0 Å². The highest BCUT2D eigenvalue weighted by atomic mass is 127. The number of hydrogen-bond donors (Lipinski definition) is 5. The zero-order valence-corrected chi connectivity index (χ0v) is 10.4. The number of carbonyl (C=O) groups excluding carboxylic acids is 2. The van der Waals surface area contributed by atoms with E-state index in [2.05, 4.69) is 5.32 Å². The van der Waals surface area contributed by atoms with E-state index >= 15 is 0 Å². The highest BCUT2D eigenvalue weighted by molar-refractivity contribution is 14.1. The minimum Gasteiger partial charge on any atom is -0.394 e. The van der Waals surface area contributed by atoms with Crippen LogP contribution < -0.4 is 5.32 Å². The zero-order chi connectivity index (χ0) is 12.7. The normalized spacial score (nSPS) is 18.3. The first-order valence-corrected chi connectivity index (χ1v) is 5.96. The van der Waals surface area contributed by atoms with E-state index in [0.717, 1.165) is 0 Å². The lowest BCUT2D eigenvalue weighted by molar-refractivity contribution is -0.129. The zero-order valence-electron chi connectivity index (χ0n) is 8.28.